The van der Waals surface area contributed by atoms with Crippen molar-refractivity contribution < 1.29 is 0 Å². The highest BCUT2D eigenvalue weighted by Crippen LogP contribution is 2.55. The van der Waals surface area contributed by atoms with E-state index in [-0.39, 0.29) is 5.41 Å². The third-order valence-corrected chi connectivity index (χ3v) is 14.3. The van der Waals surface area contributed by atoms with Gasteiger partial charge in [-0.1, -0.05) is 130 Å². The zero-order valence-corrected chi connectivity index (χ0v) is 39.8. The van der Waals surface area contributed by atoms with Crippen LogP contribution in [-0.4, -0.2) is 0 Å². The van der Waals surface area contributed by atoms with Gasteiger partial charge in [0, 0.05) is 39.5 Å². The lowest BCUT2D eigenvalue weighted by atomic mass is 9.70. The molecule has 2 heteroatoms. The molecule has 2 unspecified atom stereocenters. The first-order chi connectivity index (χ1) is 31.7. The molecule has 0 saturated carbocycles. The quantitative estimate of drug-likeness (QED) is 0.0591. The summed E-state index contributed by atoms with van der Waals surface area (Å²) in [5, 5.41) is 0. The molecule has 0 aromatic heterocycles. The number of fused-ring (bicyclic) bond motifs is 3. The molecule has 0 heterocycles. The summed E-state index contributed by atoms with van der Waals surface area (Å²) in [4.78, 5) is 4.77. The molecule has 7 aromatic carbocycles. The molecule has 330 valence electrons. The number of hydrogen-bond acceptors (Lipinski definition) is 2. The van der Waals surface area contributed by atoms with Crippen LogP contribution in [-0.2, 0) is 5.41 Å². The molecule has 1 aliphatic carbocycles. The zero-order valence-electron chi connectivity index (χ0n) is 39.8. The van der Waals surface area contributed by atoms with Gasteiger partial charge in [0.25, 0.3) is 0 Å². The summed E-state index contributed by atoms with van der Waals surface area (Å²) in [6.07, 6.45) is 12.9. The maximum absolute atomic E-state index is 4.08. The van der Waals surface area contributed by atoms with Crippen LogP contribution < -0.4 is 9.80 Å². The molecular weight excluding hydrogens is 785 g/mol. The van der Waals surface area contributed by atoms with Crippen LogP contribution in [0.1, 0.15) is 124 Å². The Hall–Kier alpha value is -6.38. The molecule has 2 nitrogen and oxygen atoms in total. The maximum Gasteiger partial charge on any atom is 0.0463 e. The van der Waals surface area contributed by atoms with Crippen LogP contribution in [0, 0.1) is 13.8 Å². The molecule has 0 N–H and O–H groups in total. The van der Waals surface area contributed by atoms with E-state index in [1.165, 1.54) is 55.6 Å². The second-order valence-electron chi connectivity index (χ2n) is 18.6. The third-order valence-electron chi connectivity index (χ3n) is 14.3. The molecule has 0 amide bonds. The smallest absolute Gasteiger partial charge is 0.0463 e. The Bertz CT molecular complexity index is 2670. The Morgan fingerprint density at radius 2 is 0.800 bits per heavy atom. The lowest BCUT2D eigenvalue weighted by Gasteiger charge is -2.33. The Labute approximate surface area is 391 Å². The van der Waals surface area contributed by atoms with Crippen LogP contribution in [0.15, 0.2) is 183 Å². The van der Waals surface area contributed by atoms with Gasteiger partial charge < -0.3 is 9.80 Å². The summed E-state index contributed by atoms with van der Waals surface area (Å²) in [5.74, 6) is 1.04. The molecule has 8 rings (SSSR count). The van der Waals surface area contributed by atoms with E-state index in [2.05, 4.69) is 234 Å². The van der Waals surface area contributed by atoms with Crippen molar-refractivity contribution in [3.63, 3.8) is 0 Å². The van der Waals surface area contributed by atoms with Crippen LogP contribution in [0.3, 0.4) is 0 Å². The molecule has 0 saturated heterocycles. The highest BCUT2D eigenvalue weighted by atomic mass is 15.2. The predicted molar refractivity (Wildman–Crippen MR) is 282 cm³/mol. The van der Waals surface area contributed by atoms with Crippen molar-refractivity contribution >= 4 is 34.1 Å². The molecule has 65 heavy (non-hydrogen) atoms. The first-order valence-electron chi connectivity index (χ1n) is 24.2. The van der Waals surface area contributed by atoms with Crippen molar-refractivity contribution in [1.82, 2.24) is 0 Å². The van der Waals surface area contributed by atoms with Gasteiger partial charge in [-0.3, -0.25) is 0 Å². The SMILES string of the molecule is C=CCCCC1(CCCC=C)c2cc(C)ccc2-c2ccc(-c3ccc(N(c4ccc(C(C)CC)cc4)c4ccc(N(c5ccc(C)cc5)c5ccc(C(C)CC)cc5)cc4)cc3)cc21. The number of benzene rings is 7. The number of allylic oxidation sites excluding steroid dienone is 2. The van der Waals surface area contributed by atoms with Crippen LogP contribution >= 0.6 is 0 Å². The average molecular weight is 853 g/mol. The Morgan fingerprint density at radius 1 is 0.446 bits per heavy atom. The maximum atomic E-state index is 4.08. The highest BCUT2D eigenvalue weighted by molar-refractivity contribution is 5.86. The van der Waals surface area contributed by atoms with Gasteiger partial charge in [0.2, 0.25) is 0 Å². The molecule has 7 aromatic rings. The Morgan fingerprint density at radius 3 is 1.23 bits per heavy atom. The van der Waals surface area contributed by atoms with Gasteiger partial charge in [0.1, 0.15) is 0 Å². The molecule has 0 fully saturated rings. The summed E-state index contributed by atoms with van der Waals surface area (Å²) in [7, 11) is 0. The number of nitrogens with zero attached hydrogens (tertiary/aromatic N) is 2. The third kappa shape index (κ3) is 9.41. The van der Waals surface area contributed by atoms with Crippen molar-refractivity contribution in [2.45, 2.75) is 110 Å². The lowest BCUT2D eigenvalue weighted by molar-refractivity contribution is 0.422. The largest absolute Gasteiger partial charge is 0.311 e. The molecule has 0 spiro atoms. The predicted octanol–water partition coefficient (Wildman–Crippen LogP) is 18.9. The van der Waals surface area contributed by atoms with E-state index in [0.29, 0.717) is 11.8 Å². The Balaban J connectivity index is 1.17. The lowest BCUT2D eigenvalue weighted by Crippen LogP contribution is -2.25. The standard InChI is InChI=1S/C63H68N2/c1-9-13-15-41-63(42-16-14-10-2)61-43-46(6)19-39-59(61)60-40-26-52(44-62(60)63)51-24-33-56(34-25-51)65(55-31-22-50(23-32-55)48(8)12-4)58-37-35-57(36-38-58)64(53-27-17-45(5)18-28-53)54-29-20-49(21-30-54)47(7)11-3/h9-10,17-40,43-44,47-48H,1-2,11-16,41-42H2,3-8H3. The Kier molecular flexibility index (Phi) is 14.0. The summed E-state index contributed by atoms with van der Waals surface area (Å²) < 4.78 is 0. The number of anilines is 6. The number of aryl methyl sites for hydroxylation is 2. The normalized spacial score (nSPS) is 13.4. The summed E-state index contributed by atoms with van der Waals surface area (Å²) in [5.41, 5.74) is 20.3. The van der Waals surface area contributed by atoms with Crippen LogP contribution in [0.25, 0.3) is 22.3 Å². The van der Waals surface area contributed by atoms with Crippen molar-refractivity contribution in [1.29, 1.82) is 0 Å². The minimum atomic E-state index is -0.0326. The second-order valence-corrected chi connectivity index (χ2v) is 18.6. The van der Waals surface area contributed by atoms with E-state index in [1.807, 2.05) is 0 Å². The second kappa shape index (κ2) is 20.2. The fraction of sp³-hybridized carbons (Fsp3) is 0.270. The number of hydrogen-bond donors (Lipinski definition) is 0. The van der Waals surface area contributed by atoms with Gasteiger partial charge in [0.15, 0.2) is 0 Å². The van der Waals surface area contributed by atoms with Crippen LogP contribution in [0.2, 0.25) is 0 Å². The molecular formula is C63H68N2. The fourth-order valence-corrected chi connectivity index (χ4v) is 10.1. The molecule has 0 radical (unpaired) electrons. The minimum absolute atomic E-state index is 0.0326. The van der Waals surface area contributed by atoms with E-state index in [9.17, 15) is 0 Å². The van der Waals surface area contributed by atoms with Gasteiger partial charge in [-0.05, 0) is 200 Å². The molecule has 1 aliphatic rings. The first-order valence-corrected chi connectivity index (χ1v) is 24.2. The summed E-state index contributed by atoms with van der Waals surface area (Å²) in [6, 6.07) is 59.9. The van der Waals surface area contributed by atoms with Crippen molar-refractivity contribution in [2.75, 3.05) is 9.80 Å². The zero-order chi connectivity index (χ0) is 45.5. The van der Waals surface area contributed by atoms with E-state index >= 15 is 0 Å². The molecule has 0 aliphatic heterocycles. The summed E-state index contributed by atoms with van der Waals surface area (Å²) in [6.45, 7) is 21.7. The monoisotopic (exact) mass is 853 g/mol. The minimum Gasteiger partial charge on any atom is -0.311 e. The van der Waals surface area contributed by atoms with E-state index in [0.717, 1.165) is 85.5 Å². The first kappa shape index (κ1) is 45.2. The highest BCUT2D eigenvalue weighted by Gasteiger charge is 2.42. The van der Waals surface area contributed by atoms with E-state index < -0.39 is 0 Å². The van der Waals surface area contributed by atoms with Gasteiger partial charge in [-0.25, -0.2) is 0 Å². The van der Waals surface area contributed by atoms with Crippen LogP contribution in [0.5, 0.6) is 0 Å². The van der Waals surface area contributed by atoms with Crippen molar-refractivity contribution in [2.24, 2.45) is 0 Å². The average Bonchev–Trinajstić information content (AvgIpc) is 3.60. The number of rotatable bonds is 19. The van der Waals surface area contributed by atoms with Gasteiger partial charge in [-0.2, -0.15) is 0 Å². The van der Waals surface area contributed by atoms with Crippen LogP contribution in [0.4, 0.5) is 34.1 Å². The van der Waals surface area contributed by atoms with Gasteiger partial charge in [0.05, 0.1) is 0 Å². The topological polar surface area (TPSA) is 6.48 Å². The molecule has 2 atom stereocenters. The number of unbranched alkanes of at least 4 members (excludes halogenated alkanes) is 2. The van der Waals surface area contributed by atoms with E-state index in [1.54, 1.807) is 0 Å². The van der Waals surface area contributed by atoms with Gasteiger partial charge in [-0.15, -0.1) is 13.2 Å². The van der Waals surface area contributed by atoms with E-state index in [4.69, 9.17) is 0 Å². The summed E-state index contributed by atoms with van der Waals surface area (Å²) >= 11 is 0. The van der Waals surface area contributed by atoms with Crippen molar-refractivity contribution in [3.8, 4) is 22.3 Å². The fourth-order valence-electron chi connectivity index (χ4n) is 10.1. The van der Waals surface area contributed by atoms with Gasteiger partial charge >= 0.3 is 0 Å². The van der Waals surface area contributed by atoms with Crippen molar-refractivity contribution in [3.05, 3.63) is 216 Å². The molecule has 0 bridgehead atoms.